The van der Waals surface area contributed by atoms with Crippen LogP contribution in [0.3, 0.4) is 0 Å². The highest BCUT2D eigenvalue weighted by atomic mass is 16.5. The molecule has 9 nitrogen and oxygen atoms in total. The van der Waals surface area contributed by atoms with Crippen molar-refractivity contribution in [2.75, 3.05) is 26.3 Å². The molecule has 6 rings (SSSR count). The summed E-state index contributed by atoms with van der Waals surface area (Å²) < 4.78 is 7.54. The molecule has 3 aromatic rings. The third-order valence-electron chi connectivity index (χ3n) is 7.24. The minimum Gasteiger partial charge on any atom is -0.379 e. The number of nitrogens with one attached hydrogen (secondary N) is 1. The second-order valence-corrected chi connectivity index (χ2v) is 9.49. The lowest BCUT2D eigenvalue weighted by Crippen LogP contribution is -2.52. The molecule has 0 bridgehead atoms. The number of hydrogen-bond donors (Lipinski definition) is 1. The molecular weight excluding hydrogens is 446 g/mol. The Bertz CT molecular complexity index is 1360. The van der Waals surface area contributed by atoms with Gasteiger partial charge in [0.05, 0.1) is 18.9 Å². The molecule has 2 saturated heterocycles. The van der Waals surface area contributed by atoms with Gasteiger partial charge in [-0.2, -0.15) is 0 Å². The Labute approximate surface area is 202 Å². The normalized spacial score (nSPS) is 21.0. The van der Waals surface area contributed by atoms with Crippen molar-refractivity contribution >= 4 is 28.8 Å². The summed E-state index contributed by atoms with van der Waals surface area (Å²) in [4.78, 5) is 45.9. The zero-order valence-electron chi connectivity index (χ0n) is 19.6. The molecule has 35 heavy (non-hydrogen) atoms. The zero-order valence-corrected chi connectivity index (χ0v) is 19.6. The van der Waals surface area contributed by atoms with E-state index in [0.29, 0.717) is 18.5 Å². The monoisotopic (exact) mass is 473 g/mol. The Kier molecular flexibility index (Phi) is 5.38. The lowest BCUT2D eigenvalue weighted by atomic mass is 10.0. The topological polar surface area (TPSA) is 96.8 Å². The van der Waals surface area contributed by atoms with E-state index in [9.17, 15) is 14.4 Å². The van der Waals surface area contributed by atoms with Crippen molar-refractivity contribution in [3.05, 3.63) is 53.2 Å². The number of imide groups is 1. The highest BCUT2D eigenvalue weighted by molar-refractivity contribution is 6.05. The Morgan fingerprint density at radius 2 is 1.94 bits per heavy atom. The third kappa shape index (κ3) is 3.90. The maximum atomic E-state index is 13.1. The van der Waals surface area contributed by atoms with Crippen molar-refractivity contribution in [2.24, 2.45) is 7.05 Å². The first-order valence-electron chi connectivity index (χ1n) is 12.0. The summed E-state index contributed by atoms with van der Waals surface area (Å²) in [5, 5.41) is 3.50. The van der Waals surface area contributed by atoms with E-state index in [2.05, 4.69) is 22.3 Å². The summed E-state index contributed by atoms with van der Waals surface area (Å²) in [5.74, 6) is -0.848. The maximum absolute atomic E-state index is 13.1. The number of fused-ring (bicyclic) bond motifs is 2. The van der Waals surface area contributed by atoms with Gasteiger partial charge in [-0.3, -0.25) is 24.6 Å². The van der Waals surface area contributed by atoms with Crippen LogP contribution in [-0.2, 0) is 34.5 Å². The smallest absolute Gasteiger partial charge is 0.255 e. The molecule has 2 aromatic heterocycles. The molecule has 3 aliphatic heterocycles. The van der Waals surface area contributed by atoms with Gasteiger partial charge in [0, 0.05) is 62.4 Å². The summed E-state index contributed by atoms with van der Waals surface area (Å²) in [6.45, 7) is 4.48. The van der Waals surface area contributed by atoms with Crippen molar-refractivity contribution < 1.29 is 19.1 Å². The molecule has 3 amide bonds. The van der Waals surface area contributed by atoms with Crippen LogP contribution in [0.15, 0.2) is 36.5 Å². The van der Waals surface area contributed by atoms with Gasteiger partial charge >= 0.3 is 0 Å². The number of piperidine rings is 1. The van der Waals surface area contributed by atoms with E-state index in [0.717, 1.165) is 60.7 Å². The number of benzene rings is 1. The number of hydrogen-bond acceptors (Lipinski definition) is 6. The standard InChI is InChI=1S/C26H27N5O4/c1-29-7-6-19-18(14-30-8-10-35-11-9-30)13-21(27-24(19)29)16-2-3-20-17(12-16)15-31(26(20)34)22-4-5-23(32)28-25(22)33/h2-3,6-7,12-13,22H,4-5,8-11,14-15H2,1H3,(H,28,32,33). The number of morpholine rings is 1. The van der Waals surface area contributed by atoms with E-state index in [4.69, 9.17) is 9.72 Å². The fourth-order valence-electron chi connectivity index (χ4n) is 5.31. The largest absolute Gasteiger partial charge is 0.379 e. The van der Waals surface area contributed by atoms with E-state index in [1.165, 1.54) is 5.56 Å². The molecule has 9 heteroatoms. The van der Waals surface area contributed by atoms with Gasteiger partial charge in [0.25, 0.3) is 5.91 Å². The molecule has 1 atom stereocenters. The van der Waals surface area contributed by atoms with Crippen LogP contribution in [0.5, 0.6) is 0 Å². The minimum atomic E-state index is -0.617. The summed E-state index contributed by atoms with van der Waals surface area (Å²) in [5.41, 5.74) is 5.42. The Hall–Kier alpha value is -3.56. The molecule has 0 radical (unpaired) electrons. The molecule has 1 unspecified atom stereocenters. The van der Waals surface area contributed by atoms with Crippen molar-refractivity contribution in [3.8, 4) is 11.3 Å². The number of rotatable bonds is 4. The molecule has 0 aliphatic carbocycles. The van der Waals surface area contributed by atoms with Crippen LogP contribution >= 0.6 is 0 Å². The quantitative estimate of drug-likeness (QED) is 0.581. The van der Waals surface area contributed by atoms with Crippen molar-refractivity contribution in [1.82, 2.24) is 24.7 Å². The van der Waals surface area contributed by atoms with E-state index in [1.54, 1.807) is 4.90 Å². The van der Waals surface area contributed by atoms with E-state index >= 15 is 0 Å². The molecule has 1 aromatic carbocycles. The molecule has 1 N–H and O–H groups in total. The summed E-state index contributed by atoms with van der Waals surface area (Å²) in [7, 11) is 2.00. The number of carbonyl (C=O) groups is 3. The fraction of sp³-hybridized carbons (Fsp3) is 0.385. The number of nitrogens with zero attached hydrogens (tertiary/aromatic N) is 4. The van der Waals surface area contributed by atoms with Crippen LogP contribution in [0.2, 0.25) is 0 Å². The van der Waals surface area contributed by atoms with Crippen molar-refractivity contribution in [3.63, 3.8) is 0 Å². The van der Waals surface area contributed by atoms with Crippen LogP contribution in [0.25, 0.3) is 22.3 Å². The zero-order chi connectivity index (χ0) is 24.1. The van der Waals surface area contributed by atoms with E-state index < -0.39 is 11.9 Å². The first kappa shape index (κ1) is 21.9. The number of ether oxygens (including phenoxy) is 1. The number of aryl methyl sites for hydroxylation is 1. The van der Waals surface area contributed by atoms with Crippen LogP contribution in [0.4, 0.5) is 0 Å². The molecule has 3 aliphatic rings. The lowest BCUT2D eigenvalue weighted by Gasteiger charge is -2.29. The predicted molar refractivity (Wildman–Crippen MR) is 128 cm³/mol. The van der Waals surface area contributed by atoms with Crippen molar-refractivity contribution in [2.45, 2.75) is 32.0 Å². The second-order valence-electron chi connectivity index (χ2n) is 9.49. The minimum absolute atomic E-state index is 0.167. The van der Waals surface area contributed by atoms with Gasteiger partial charge < -0.3 is 14.2 Å². The van der Waals surface area contributed by atoms with Crippen LogP contribution in [0, 0.1) is 0 Å². The number of pyridine rings is 1. The van der Waals surface area contributed by atoms with Gasteiger partial charge in [0.2, 0.25) is 11.8 Å². The van der Waals surface area contributed by atoms with E-state index in [1.807, 2.05) is 36.0 Å². The average molecular weight is 474 g/mol. The van der Waals surface area contributed by atoms with Crippen LogP contribution in [-0.4, -0.2) is 69.4 Å². The third-order valence-corrected chi connectivity index (χ3v) is 7.24. The predicted octanol–water partition coefficient (Wildman–Crippen LogP) is 1.83. The lowest BCUT2D eigenvalue weighted by molar-refractivity contribution is -0.136. The van der Waals surface area contributed by atoms with E-state index in [-0.39, 0.29) is 18.2 Å². The first-order valence-corrected chi connectivity index (χ1v) is 12.0. The summed E-state index contributed by atoms with van der Waals surface area (Å²) >= 11 is 0. The van der Waals surface area contributed by atoms with Crippen molar-refractivity contribution in [1.29, 1.82) is 0 Å². The summed E-state index contributed by atoms with van der Waals surface area (Å²) in [6, 6.07) is 9.41. The van der Waals surface area contributed by atoms with Gasteiger partial charge in [0.1, 0.15) is 11.7 Å². The highest BCUT2D eigenvalue weighted by Gasteiger charge is 2.39. The molecule has 2 fully saturated rings. The van der Waals surface area contributed by atoms with Gasteiger partial charge in [-0.15, -0.1) is 0 Å². The molecule has 0 saturated carbocycles. The Morgan fingerprint density at radius 1 is 1.11 bits per heavy atom. The Balaban J connectivity index is 1.33. The Morgan fingerprint density at radius 3 is 2.74 bits per heavy atom. The highest BCUT2D eigenvalue weighted by Crippen LogP contribution is 2.32. The fourth-order valence-corrected chi connectivity index (χ4v) is 5.31. The molecule has 180 valence electrons. The number of amides is 3. The SMILES string of the molecule is Cn1ccc2c(CN3CCOCC3)cc(-c3ccc4c(c3)CN(C3CCC(=O)NC3=O)C4=O)nc21. The van der Waals surface area contributed by atoms with Crippen LogP contribution < -0.4 is 5.32 Å². The second kappa shape index (κ2) is 8.58. The van der Waals surface area contributed by atoms with Gasteiger partial charge in [-0.25, -0.2) is 4.98 Å². The van der Waals surface area contributed by atoms with Gasteiger partial charge in [-0.1, -0.05) is 6.07 Å². The molecule has 0 spiro atoms. The maximum Gasteiger partial charge on any atom is 0.255 e. The number of aromatic nitrogens is 2. The van der Waals surface area contributed by atoms with Gasteiger partial charge in [-0.05, 0) is 41.8 Å². The average Bonchev–Trinajstić information content (AvgIpc) is 3.39. The van der Waals surface area contributed by atoms with Crippen LogP contribution in [0.1, 0.15) is 34.3 Å². The molecular formula is C26H27N5O4. The molecule has 5 heterocycles. The van der Waals surface area contributed by atoms with Gasteiger partial charge in [0.15, 0.2) is 0 Å². The first-order chi connectivity index (χ1) is 17.0. The number of carbonyl (C=O) groups excluding carboxylic acids is 3. The summed E-state index contributed by atoms with van der Waals surface area (Å²) in [6.07, 6.45) is 2.63.